The zero-order valence-corrected chi connectivity index (χ0v) is 19.8. The monoisotopic (exact) mass is 506 g/mol. The SMILES string of the molecule is C=CC(=O)OCCOC(=O)COCC(=O)OCCc1ccc(OC(=O)C2CCC(C(=O)O)CC2)cc1. The summed E-state index contributed by atoms with van der Waals surface area (Å²) >= 11 is 0. The molecule has 1 aliphatic carbocycles. The number of carbonyl (C=O) groups is 5. The van der Waals surface area contributed by atoms with E-state index in [1.807, 2.05) is 0 Å². The van der Waals surface area contributed by atoms with E-state index in [1.54, 1.807) is 24.3 Å². The molecule has 0 aromatic heterocycles. The van der Waals surface area contributed by atoms with Crippen molar-refractivity contribution in [1.82, 2.24) is 0 Å². The zero-order valence-electron chi connectivity index (χ0n) is 19.8. The Balaban J connectivity index is 1.57. The minimum Gasteiger partial charge on any atom is -0.481 e. The van der Waals surface area contributed by atoms with Crippen molar-refractivity contribution in [3.63, 3.8) is 0 Å². The Bertz CT molecular complexity index is 914. The number of hydrogen-bond donors (Lipinski definition) is 1. The summed E-state index contributed by atoms with van der Waals surface area (Å²) in [5, 5.41) is 9.05. The lowest BCUT2D eigenvalue weighted by Gasteiger charge is -2.24. The maximum absolute atomic E-state index is 12.3. The summed E-state index contributed by atoms with van der Waals surface area (Å²) in [6.45, 7) is 2.18. The van der Waals surface area contributed by atoms with Gasteiger partial charge in [-0.2, -0.15) is 0 Å². The smallest absolute Gasteiger partial charge is 0.332 e. The zero-order chi connectivity index (χ0) is 26.3. The van der Waals surface area contributed by atoms with Crippen molar-refractivity contribution in [1.29, 1.82) is 0 Å². The number of benzene rings is 1. The fourth-order valence-corrected chi connectivity index (χ4v) is 3.44. The predicted molar refractivity (Wildman–Crippen MR) is 123 cm³/mol. The third-order valence-corrected chi connectivity index (χ3v) is 5.40. The first-order chi connectivity index (χ1) is 17.3. The van der Waals surface area contributed by atoms with Gasteiger partial charge in [0.25, 0.3) is 0 Å². The Morgan fingerprint density at radius 1 is 0.833 bits per heavy atom. The van der Waals surface area contributed by atoms with Crippen molar-refractivity contribution in [3.05, 3.63) is 42.5 Å². The molecule has 1 aliphatic rings. The molecule has 0 heterocycles. The fourth-order valence-electron chi connectivity index (χ4n) is 3.44. The number of carboxylic acid groups (broad SMARTS) is 1. The molecule has 0 amide bonds. The number of ether oxygens (including phenoxy) is 5. The van der Waals surface area contributed by atoms with Gasteiger partial charge in [-0.25, -0.2) is 14.4 Å². The average Bonchev–Trinajstić information content (AvgIpc) is 2.87. The normalized spacial score (nSPS) is 16.9. The largest absolute Gasteiger partial charge is 0.481 e. The topological polar surface area (TPSA) is 152 Å². The van der Waals surface area contributed by atoms with E-state index in [9.17, 15) is 24.0 Å². The van der Waals surface area contributed by atoms with Crippen LogP contribution in [0.3, 0.4) is 0 Å². The molecule has 196 valence electrons. The van der Waals surface area contributed by atoms with Gasteiger partial charge in [-0.05, 0) is 43.4 Å². The minimum atomic E-state index is -0.822. The number of carbonyl (C=O) groups excluding carboxylic acids is 4. The Morgan fingerprint density at radius 3 is 1.97 bits per heavy atom. The molecule has 11 nitrogen and oxygen atoms in total. The first-order valence-electron chi connectivity index (χ1n) is 11.5. The number of esters is 4. The Kier molecular flexibility index (Phi) is 12.1. The van der Waals surface area contributed by atoms with Crippen LogP contribution in [-0.2, 0) is 49.3 Å². The van der Waals surface area contributed by atoms with Crippen LogP contribution in [0.2, 0.25) is 0 Å². The highest BCUT2D eigenvalue weighted by Gasteiger charge is 2.30. The fraction of sp³-hybridized carbons (Fsp3) is 0.480. The summed E-state index contributed by atoms with van der Waals surface area (Å²) < 4.78 is 24.8. The summed E-state index contributed by atoms with van der Waals surface area (Å²) in [6, 6.07) is 6.78. The maximum Gasteiger partial charge on any atom is 0.332 e. The number of carboxylic acids is 1. The van der Waals surface area contributed by atoms with Gasteiger partial charge in [0.05, 0.1) is 18.4 Å². The lowest BCUT2D eigenvalue weighted by molar-refractivity contribution is -0.158. The van der Waals surface area contributed by atoms with Gasteiger partial charge < -0.3 is 28.8 Å². The molecule has 1 saturated carbocycles. The summed E-state index contributed by atoms with van der Waals surface area (Å²) in [4.78, 5) is 57.3. The highest BCUT2D eigenvalue weighted by Crippen LogP contribution is 2.30. The molecule has 2 rings (SSSR count). The third kappa shape index (κ3) is 10.7. The standard InChI is InChI=1S/C25H30O11/c1-2-21(26)34-13-14-35-23(28)16-32-15-22(27)33-12-11-17-3-9-20(10-4-17)36-25(31)19-7-5-18(6-8-19)24(29)30/h2-4,9-10,18-19H,1,5-8,11-16H2,(H,29,30). The van der Waals surface area contributed by atoms with Crippen molar-refractivity contribution < 1.29 is 52.8 Å². The van der Waals surface area contributed by atoms with E-state index in [1.165, 1.54) is 0 Å². The van der Waals surface area contributed by atoms with Gasteiger partial charge in [0, 0.05) is 12.5 Å². The first-order valence-corrected chi connectivity index (χ1v) is 11.5. The molecule has 1 aromatic carbocycles. The van der Waals surface area contributed by atoms with Crippen molar-refractivity contribution in [2.24, 2.45) is 11.8 Å². The highest BCUT2D eigenvalue weighted by atomic mass is 16.6. The van der Waals surface area contributed by atoms with E-state index in [2.05, 4.69) is 11.3 Å². The molecule has 0 radical (unpaired) electrons. The number of hydrogen-bond acceptors (Lipinski definition) is 10. The van der Waals surface area contributed by atoms with Crippen LogP contribution in [-0.4, -0.2) is 68.0 Å². The number of rotatable bonds is 14. The lowest BCUT2D eigenvalue weighted by Crippen LogP contribution is -2.28. The van der Waals surface area contributed by atoms with Crippen LogP contribution in [0.5, 0.6) is 5.75 Å². The molecule has 0 unspecified atom stereocenters. The molecule has 1 fully saturated rings. The third-order valence-electron chi connectivity index (χ3n) is 5.40. The van der Waals surface area contributed by atoms with Crippen molar-refractivity contribution in [2.75, 3.05) is 33.0 Å². The number of aliphatic carboxylic acids is 1. The molecule has 11 heteroatoms. The molecule has 0 atom stereocenters. The maximum atomic E-state index is 12.3. The second-order valence-corrected chi connectivity index (χ2v) is 8.01. The first kappa shape index (κ1) is 28.5. The quantitative estimate of drug-likeness (QED) is 0.129. The van der Waals surface area contributed by atoms with Crippen LogP contribution in [0.15, 0.2) is 36.9 Å². The second kappa shape index (κ2) is 15.3. The van der Waals surface area contributed by atoms with Crippen LogP contribution in [0, 0.1) is 11.8 Å². The second-order valence-electron chi connectivity index (χ2n) is 8.01. The molecular formula is C25H30O11. The van der Waals surface area contributed by atoms with Gasteiger partial charge in [0.15, 0.2) is 0 Å². The highest BCUT2D eigenvalue weighted by molar-refractivity contribution is 5.81. The molecule has 0 spiro atoms. The van der Waals surface area contributed by atoms with E-state index >= 15 is 0 Å². The Morgan fingerprint density at radius 2 is 1.39 bits per heavy atom. The molecule has 0 bridgehead atoms. The van der Waals surface area contributed by atoms with Crippen LogP contribution >= 0.6 is 0 Å². The van der Waals surface area contributed by atoms with Crippen LogP contribution < -0.4 is 4.74 Å². The van der Waals surface area contributed by atoms with Gasteiger partial charge in [0.2, 0.25) is 0 Å². The van der Waals surface area contributed by atoms with Gasteiger partial charge in [0.1, 0.15) is 32.2 Å². The van der Waals surface area contributed by atoms with Crippen molar-refractivity contribution in [2.45, 2.75) is 32.1 Å². The van der Waals surface area contributed by atoms with E-state index in [4.69, 9.17) is 24.1 Å². The molecular weight excluding hydrogens is 476 g/mol. The van der Waals surface area contributed by atoms with E-state index in [0.29, 0.717) is 37.9 Å². The summed E-state index contributed by atoms with van der Waals surface area (Å²) in [5.74, 6) is -3.48. The summed E-state index contributed by atoms with van der Waals surface area (Å²) in [7, 11) is 0. The van der Waals surface area contributed by atoms with Crippen molar-refractivity contribution >= 4 is 29.8 Å². The molecule has 1 aromatic rings. The molecule has 36 heavy (non-hydrogen) atoms. The predicted octanol–water partition coefficient (Wildman–Crippen LogP) is 1.86. The van der Waals surface area contributed by atoms with Gasteiger partial charge >= 0.3 is 29.8 Å². The molecule has 1 N–H and O–H groups in total. The van der Waals surface area contributed by atoms with Gasteiger partial charge in [-0.1, -0.05) is 18.7 Å². The Labute approximate surface area is 208 Å². The average molecular weight is 507 g/mol. The summed E-state index contributed by atoms with van der Waals surface area (Å²) in [5.41, 5.74) is 0.853. The van der Waals surface area contributed by atoms with E-state index in [-0.39, 0.29) is 31.7 Å². The molecule has 0 aliphatic heterocycles. The van der Waals surface area contributed by atoms with Crippen molar-refractivity contribution in [3.8, 4) is 5.75 Å². The van der Waals surface area contributed by atoms with E-state index < -0.39 is 43.0 Å². The van der Waals surface area contributed by atoms with Gasteiger partial charge in [-0.3, -0.25) is 9.59 Å². The van der Waals surface area contributed by atoms with E-state index in [0.717, 1.165) is 11.6 Å². The van der Waals surface area contributed by atoms with Crippen LogP contribution in [0.4, 0.5) is 0 Å². The van der Waals surface area contributed by atoms with Crippen LogP contribution in [0.1, 0.15) is 31.2 Å². The Hall–Kier alpha value is -3.73. The lowest BCUT2D eigenvalue weighted by atomic mass is 9.82. The van der Waals surface area contributed by atoms with Gasteiger partial charge in [-0.15, -0.1) is 0 Å². The molecule has 0 saturated heterocycles. The summed E-state index contributed by atoms with van der Waals surface area (Å²) in [6.07, 6.45) is 3.34. The minimum absolute atomic E-state index is 0.0905. The van der Waals surface area contributed by atoms with Crippen LogP contribution in [0.25, 0.3) is 0 Å².